The monoisotopic (exact) mass is 441 g/mol. The summed E-state index contributed by atoms with van der Waals surface area (Å²) >= 11 is 0. The van der Waals surface area contributed by atoms with E-state index in [0.29, 0.717) is 12.2 Å². The second-order valence-corrected chi connectivity index (χ2v) is 7.68. The first-order chi connectivity index (χ1) is 15.3. The molecular formula is C21H21F2N7O2. The molecule has 0 bridgehead atoms. The Balaban J connectivity index is 1.43. The van der Waals surface area contributed by atoms with E-state index in [1.807, 2.05) is 30.3 Å². The minimum atomic E-state index is -3.03. The third-order valence-corrected chi connectivity index (χ3v) is 5.10. The molecule has 32 heavy (non-hydrogen) atoms. The third-order valence-electron chi connectivity index (χ3n) is 5.10. The van der Waals surface area contributed by atoms with Crippen LogP contribution in [0.15, 0.2) is 48.9 Å². The van der Waals surface area contributed by atoms with Crippen molar-refractivity contribution in [2.24, 2.45) is 0 Å². The van der Waals surface area contributed by atoms with Crippen molar-refractivity contribution in [1.82, 2.24) is 35.2 Å². The number of rotatable bonds is 6. The Morgan fingerprint density at radius 1 is 1.16 bits per heavy atom. The molecule has 0 spiro atoms. The molecule has 11 heteroatoms. The fraction of sp³-hybridized carbons (Fsp3) is 0.333. The van der Waals surface area contributed by atoms with Gasteiger partial charge in [0, 0.05) is 19.2 Å². The van der Waals surface area contributed by atoms with Crippen LogP contribution in [0.2, 0.25) is 0 Å². The van der Waals surface area contributed by atoms with Crippen molar-refractivity contribution in [2.75, 3.05) is 6.54 Å². The normalized spacial score (nSPS) is 17.3. The van der Waals surface area contributed by atoms with Crippen molar-refractivity contribution in [3.05, 3.63) is 71.6 Å². The quantitative estimate of drug-likeness (QED) is 0.626. The molecule has 166 valence electrons. The molecular weight excluding hydrogens is 420 g/mol. The highest BCUT2D eigenvalue weighted by Crippen LogP contribution is 2.33. The van der Waals surface area contributed by atoms with Gasteiger partial charge in [0.05, 0.1) is 37.2 Å². The maximum absolute atomic E-state index is 14.1. The van der Waals surface area contributed by atoms with Gasteiger partial charge in [0.2, 0.25) is 0 Å². The Hall–Kier alpha value is -3.76. The number of likely N-dealkylation sites (tertiary alicyclic amines) is 1. The van der Waals surface area contributed by atoms with Crippen LogP contribution in [0.4, 0.5) is 8.78 Å². The van der Waals surface area contributed by atoms with Crippen LogP contribution in [0.3, 0.4) is 0 Å². The summed E-state index contributed by atoms with van der Waals surface area (Å²) in [5.41, 5.74) is 1.60. The van der Waals surface area contributed by atoms with Crippen molar-refractivity contribution in [3.63, 3.8) is 0 Å². The average molecular weight is 441 g/mol. The van der Waals surface area contributed by atoms with Gasteiger partial charge in [0.1, 0.15) is 5.69 Å². The molecule has 3 heterocycles. The second kappa shape index (κ2) is 8.77. The van der Waals surface area contributed by atoms with E-state index in [-0.39, 0.29) is 17.9 Å². The Morgan fingerprint density at radius 2 is 1.94 bits per heavy atom. The molecule has 0 saturated carbocycles. The van der Waals surface area contributed by atoms with E-state index < -0.39 is 36.7 Å². The van der Waals surface area contributed by atoms with Gasteiger partial charge in [0.15, 0.2) is 5.69 Å². The van der Waals surface area contributed by atoms with E-state index in [1.54, 1.807) is 6.92 Å². The number of carbonyl (C=O) groups is 2. The summed E-state index contributed by atoms with van der Waals surface area (Å²) < 4.78 is 29.6. The maximum Gasteiger partial charge on any atom is 0.274 e. The van der Waals surface area contributed by atoms with E-state index >= 15 is 0 Å². The average Bonchev–Trinajstić information content (AvgIpc) is 3.36. The molecule has 2 aromatic heterocycles. The lowest BCUT2D eigenvalue weighted by Crippen LogP contribution is -2.39. The highest BCUT2D eigenvalue weighted by molar-refractivity contribution is 5.92. The first-order valence-corrected chi connectivity index (χ1v) is 10.0. The molecule has 4 rings (SSSR count). The molecule has 1 N–H and O–H groups in total. The molecule has 1 saturated heterocycles. The summed E-state index contributed by atoms with van der Waals surface area (Å²) in [5, 5.41) is 10.4. The van der Waals surface area contributed by atoms with Crippen molar-refractivity contribution < 1.29 is 18.4 Å². The first kappa shape index (κ1) is 21.5. The Kier molecular flexibility index (Phi) is 5.89. The molecule has 1 aromatic carbocycles. The number of alkyl halides is 2. The summed E-state index contributed by atoms with van der Waals surface area (Å²) in [6.07, 6.45) is 3.54. The van der Waals surface area contributed by atoms with Crippen molar-refractivity contribution in [3.8, 4) is 0 Å². The zero-order chi connectivity index (χ0) is 22.7. The SMILES string of the molecule is Cc1cnc(C(=O)N2CC(F)(F)C[C@H]2Cn2cc(C(=O)NCc3ccccc3)nn2)cn1. The summed E-state index contributed by atoms with van der Waals surface area (Å²) in [6.45, 7) is 1.29. The summed E-state index contributed by atoms with van der Waals surface area (Å²) in [7, 11) is 0. The van der Waals surface area contributed by atoms with Gasteiger partial charge < -0.3 is 10.2 Å². The van der Waals surface area contributed by atoms with Crippen LogP contribution in [-0.4, -0.2) is 60.2 Å². The number of aryl methyl sites for hydroxylation is 1. The van der Waals surface area contributed by atoms with Gasteiger partial charge in [-0.25, -0.2) is 18.4 Å². The topological polar surface area (TPSA) is 106 Å². The van der Waals surface area contributed by atoms with E-state index in [0.717, 1.165) is 10.5 Å². The highest BCUT2D eigenvalue weighted by Gasteiger charge is 2.47. The van der Waals surface area contributed by atoms with Crippen LogP contribution in [-0.2, 0) is 13.1 Å². The molecule has 1 aliphatic rings. The van der Waals surface area contributed by atoms with E-state index in [9.17, 15) is 18.4 Å². The van der Waals surface area contributed by atoms with Gasteiger partial charge in [0.25, 0.3) is 17.7 Å². The van der Waals surface area contributed by atoms with Gasteiger partial charge in [-0.1, -0.05) is 35.5 Å². The van der Waals surface area contributed by atoms with Crippen LogP contribution in [0, 0.1) is 6.92 Å². The van der Waals surface area contributed by atoms with Crippen molar-refractivity contribution >= 4 is 11.8 Å². The lowest BCUT2D eigenvalue weighted by atomic mass is 10.2. The van der Waals surface area contributed by atoms with Crippen LogP contribution in [0.5, 0.6) is 0 Å². The molecule has 1 fully saturated rings. The number of benzene rings is 1. The number of aromatic nitrogens is 5. The number of hydrogen-bond donors (Lipinski definition) is 1. The molecule has 2 amide bonds. The smallest absolute Gasteiger partial charge is 0.274 e. The molecule has 1 aliphatic heterocycles. The van der Waals surface area contributed by atoms with E-state index in [4.69, 9.17) is 0 Å². The zero-order valence-corrected chi connectivity index (χ0v) is 17.3. The van der Waals surface area contributed by atoms with Crippen molar-refractivity contribution in [1.29, 1.82) is 0 Å². The number of carbonyl (C=O) groups excluding carboxylic acids is 2. The van der Waals surface area contributed by atoms with Gasteiger partial charge in [-0.2, -0.15) is 0 Å². The predicted molar refractivity (Wildman–Crippen MR) is 109 cm³/mol. The van der Waals surface area contributed by atoms with E-state index in [2.05, 4.69) is 25.6 Å². The third kappa shape index (κ3) is 4.93. The van der Waals surface area contributed by atoms with Crippen LogP contribution < -0.4 is 5.32 Å². The molecule has 0 unspecified atom stereocenters. The fourth-order valence-electron chi connectivity index (χ4n) is 3.53. The molecule has 1 atom stereocenters. The minimum Gasteiger partial charge on any atom is -0.347 e. The summed E-state index contributed by atoms with van der Waals surface area (Å²) in [6, 6.07) is 8.53. The van der Waals surface area contributed by atoms with Gasteiger partial charge in [-0.05, 0) is 12.5 Å². The number of amides is 2. The maximum atomic E-state index is 14.1. The van der Waals surface area contributed by atoms with Crippen molar-refractivity contribution in [2.45, 2.75) is 38.4 Å². The largest absolute Gasteiger partial charge is 0.347 e. The Labute approximate surface area is 182 Å². The second-order valence-electron chi connectivity index (χ2n) is 7.68. The van der Waals surface area contributed by atoms with Crippen LogP contribution in [0.25, 0.3) is 0 Å². The first-order valence-electron chi connectivity index (χ1n) is 10.0. The standard InChI is InChI=1S/C21H21F2N7O2/c1-14-8-25-17(10-24-14)20(32)30-13-21(22,23)7-16(30)11-29-12-18(27-28-29)19(31)26-9-15-5-3-2-4-6-15/h2-6,8,10,12,16H,7,9,11,13H2,1H3,(H,26,31)/t16-/m0/s1. The van der Waals surface area contributed by atoms with Crippen LogP contribution >= 0.6 is 0 Å². The highest BCUT2D eigenvalue weighted by atomic mass is 19.3. The minimum absolute atomic E-state index is 0.00197. The van der Waals surface area contributed by atoms with Gasteiger partial charge in [-0.15, -0.1) is 5.10 Å². The zero-order valence-electron chi connectivity index (χ0n) is 17.3. The summed E-state index contributed by atoms with van der Waals surface area (Å²) in [5.74, 6) is -4.09. The molecule has 9 nitrogen and oxygen atoms in total. The fourth-order valence-corrected chi connectivity index (χ4v) is 3.53. The van der Waals surface area contributed by atoms with Crippen LogP contribution in [0.1, 0.15) is 38.7 Å². The molecule has 0 radical (unpaired) electrons. The summed E-state index contributed by atoms with van der Waals surface area (Å²) in [4.78, 5) is 34.2. The van der Waals surface area contributed by atoms with E-state index in [1.165, 1.54) is 23.3 Å². The molecule has 0 aliphatic carbocycles. The number of hydrogen-bond acceptors (Lipinski definition) is 6. The van der Waals surface area contributed by atoms with Gasteiger partial charge >= 0.3 is 0 Å². The lowest BCUT2D eigenvalue weighted by molar-refractivity contribution is 0.0116. The Morgan fingerprint density at radius 3 is 2.66 bits per heavy atom. The Bertz CT molecular complexity index is 1100. The number of halogens is 2. The lowest BCUT2D eigenvalue weighted by Gasteiger charge is -2.23. The van der Waals surface area contributed by atoms with Gasteiger partial charge in [-0.3, -0.25) is 14.6 Å². The predicted octanol–water partition coefficient (Wildman–Crippen LogP) is 1.86. The molecule has 3 aromatic rings. The number of nitrogens with zero attached hydrogens (tertiary/aromatic N) is 6. The number of nitrogens with one attached hydrogen (secondary N) is 1.